The van der Waals surface area contributed by atoms with Crippen LogP contribution in [0.1, 0.15) is 5.56 Å². The highest BCUT2D eigenvalue weighted by Crippen LogP contribution is 2.29. The van der Waals surface area contributed by atoms with Crippen LogP contribution in [-0.2, 0) is 11.3 Å². The van der Waals surface area contributed by atoms with Gasteiger partial charge in [-0.15, -0.1) is 0 Å². The number of benzene rings is 1. The highest BCUT2D eigenvalue weighted by Gasteiger charge is 2.10. The van der Waals surface area contributed by atoms with Gasteiger partial charge in [0, 0.05) is 31.1 Å². The summed E-state index contributed by atoms with van der Waals surface area (Å²) in [6, 6.07) is 7.84. The number of ether oxygens (including phenoxy) is 1. The third-order valence-electron chi connectivity index (χ3n) is 2.43. The van der Waals surface area contributed by atoms with Crippen molar-refractivity contribution in [3.05, 3.63) is 35.0 Å². The second kappa shape index (κ2) is 5.34. The fourth-order valence-electron chi connectivity index (χ4n) is 1.62. The first-order valence-electron chi connectivity index (χ1n) is 5.18. The molecule has 0 fully saturated rings. The Hall–Kier alpha value is -1.03. The van der Waals surface area contributed by atoms with Crippen LogP contribution in [0.3, 0.4) is 0 Å². The van der Waals surface area contributed by atoms with Gasteiger partial charge in [-0.3, -0.25) is 0 Å². The molecule has 0 aliphatic carbocycles. The van der Waals surface area contributed by atoms with Crippen LogP contribution < -0.4 is 5.32 Å². The number of halogens is 1. The largest absolute Gasteiger partial charge is 0.444 e. The summed E-state index contributed by atoms with van der Waals surface area (Å²) in [4.78, 5) is 0. The molecular weight excluding hydrogens is 226 g/mol. The molecule has 0 unspecified atom stereocenters. The fraction of sp³-hybridized carbons (Fsp3) is 0.333. The lowest BCUT2D eigenvalue weighted by Crippen LogP contribution is -2.18. The summed E-state index contributed by atoms with van der Waals surface area (Å²) in [6.07, 6.45) is 0. The number of methoxy groups -OCH3 is 1. The highest BCUT2D eigenvalue weighted by molar-refractivity contribution is 6.30. The predicted molar refractivity (Wildman–Crippen MR) is 64.8 cm³/mol. The molecule has 0 atom stereocenters. The molecule has 1 heterocycles. The van der Waals surface area contributed by atoms with Crippen LogP contribution in [0.2, 0.25) is 5.22 Å². The lowest BCUT2D eigenvalue weighted by Gasteiger charge is -2.02. The van der Waals surface area contributed by atoms with Crippen molar-refractivity contribution >= 4 is 22.6 Å². The Labute approximate surface area is 99.3 Å². The third kappa shape index (κ3) is 2.38. The maximum absolute atomic E-state index is 6.04. The van der Waals surface area contributed by atoms with E-state index >= 15 is 0 Å². The van der Waals surface area contributed by atoms with Crippen molar-refractivity contribution in [3.8, 4) is 0 Å². The van der Waals surface area contributed by atoms with Crippen molar-refractivity contribution < 1.29 is 9.15 Å². The molecule has 0 bridgehead atoms. The molecule has 2 rings (SSSR count). The van der Waals surface area contributed by atoms with E-state index in [0.717, 1.165) is 23.1 Å². The highest BCUT2D eigenvalue weighted by atomic mass is 35.5. The number of furan rings is 1. The van der Waals surface area contributed by atoms with E-state index in [2.05, 4.69) is 5.32 Å². The second-order valence-corrected chi connectivity index (χ2v) is 3.86. The Balaban J connectivity index is 2.13. The zero-order valence-electron chi connectivity index (χ0n) is 9.13. The summed E-state index contributed by atoms with van der Waals surface area (Å²) in [7, 11) is 1.68. The summed E-state index contributed by atoms with van der Waals surface area (Å²) < 4.78 is 10.4. The van der Waals surface area contributed by atoms with Gasteiger partial charge in [0.15, 0.2) is 5.22 Å². The molecule has 0 saturated carbocycles. The first-order valence-corrected chi connectivity index (χ1v) is 5.56. The van der Waals surface area contributed by atoms with Crippen LogP contribution in [0.25, 0.3) is 11.0 Å². The Morgan fingerprint density at radius 2 is 2.19 bits per heavy atom. The van der Waals surface area contributed by atoms with Crippen molar-refractivity contribution in [2.75, 3.05) is 20.3 Å². The average molecular weight is 240 g/mol. The predicted octanol–water partition coefficient (Wildman–Crippen LogP) is 2.82. The molecule has 1 aromatic carbocycles. The average Bonchev–Trinajstić information content (AvgIpc) is 2.61. The summed E-state index contributed by atoms with van der Waals surface area (Å²) in [6.45, 7) is 2.18. The Kier molecular flexibility index (Phi) is 3.83. The fourth-order valence-corrected chi connectivity index (χ4v) is 1.87. The van der Waals surface area contributed by atoms with E-state index in [4.69, 9.17) is 20.8 Å². The van der Waals surface area contributed by atoms with Crippen molar-refractivity contribution in [3.63, 3.8) is 0 Å². The Bertz CT molecular complexity index is 467. The number of rotatable bonds is 5. The van der Waals surface area contributed by atoms with E-state index in [0.29, 0.717) is 18.4 Å². The SMILES string of the molecule is COCCNCc1c(Cl)oc2ccccc12. The molecule has 0 aliphatic heterocycles. The normalized spacial score (nSPS) is 11.1. The van der Waals surface area contributed by atoms with Crippen LogP contribution >= 0.6 is 11.6 Å². The van der Waals surface area contributed by atoms with Crippen molar-refractivity contribution in [1.82, 2.24) is 5.32 Å². The molecule has 2 aromatic rings. The number of hydrogen-bond acceptors (Lipinski definition) is 3. The molecule has 1 N–H and O–H groups in total. The lowest BCUT2D eigenvalue weighted by molar-refractivity contribution is 0.199. The van der Waals surface area contributed by atoms with Gasteiger partial charge in [-0.1, -0.05) is 18.2 Å². The second-order valence-electron chi connectivity index (χ2n) is 3.52. The smallest absolute Gasteiger partial charge is 0.199 e. The van der Waals surface area contributed by atoms with Gasteiger partial charge in [0.05, 0.1) is 6.61 Å². The molecule has 0 radical (unpaired) electrons. The van der Waals surface area contributed by atoms with Crippen LogP contribution in [0.4, 0.5) is 0 Å². The quantitative estimate of drug-likeness (QED) is 0.815. The van der Waals surface area contributed by atoms with E-state index in [-0.39, 0.29) is 0 Å². The first kappa shape index (κ1) is 11.5. The van der Waals surface area contributed by atoms with E-state index in [1.807, 2.05) is 24.3 Å². The summed E-state index contributed by atoms with van der Waals surface area (Å²) >= 11 is 6.04. The van der Waals surface area contributed by atoms with Gasteiger partial charge in [0.25, 0.3) is 0 Å². The molecule has 16 heavy (non-hydrogen) atoms. The molecular formula is C12H14ClNO2. The van der Waals surface area contributed by atoms with Crippen molar-refractivity contribution in [2.24, 2.45) is 0 Å². The first-order chi connectivity index (χ1) is 7.83. The zero-order valence-corrected chi connectivity index (χ0v) is 9.88. The summed E-state index contributed by atoms with van der Waals surface area (Å²) in [5, 5.41) is 4.78. The van der Waals surface area contributed by atoms with E-state index in [1.54, 1.807) is 7.11 Å². The maximum Gasteiger partial charge on any atom is 0.199 e. The van der Waals surface area contributed by atoms with E-state index < -0.39 is 0 Å². The van der Waals surface area contributed by atoms with E-state index in [1.165, 1.54) is 0 Å². The number of hydrogen-bond donors (Lipinski definition) is 1. The minimum Gasteiger partial charge on any atom is -0.444 e. The molecule has 0 saturated heterocycles. The number of fused-ring (bicyclic) bond motifs is 1. The monoisotopic (exact) mass is 239 g/mol. The zero-order chi connectivity index (χ0) is 11.4. The molecule has 86 valence electrons. The van der Waals surface area contributed by atoms with Crippen LogP contribution in [0, 0.1) is 0 Å². The Morgan fingerprint density at radius 1 is 1.38 bits per heavy atom. The molecule has 0 spiro atoms. The molecule has 4 heteroatoms. The topological polar surface area (TPSA) is 34.4 Å². The number of para-hydroxylation sites is 1. The van der Waals surface area contributed by atoms with Crippen molar-refractivity contribution in [1.29, 1.82) is 0 Å². The van der Waals surface area contributed by atoms with E-state index in [9.17, 15) is 0 Å². The molecule has 0 amide bonds. The standard InChI is InChI=1S/C12H14ClNO2/c1-15-7-6-14-8-10-9-4-2-3-5-11(9)16-12(10)13/h2-5,14H,6-8H2,1H3. The minimum absolute atomic E-state index is 0.464. The van der Waals surface area contributed by atoms with Gasteiger partial charge in [-0.25, -0.2) is 0 Å². The summed E-state index contributed by atoms with van der Waals surface area (Å²) in [5.74, 6) is 0. The maximum atomic E-state index is 6.04. The Morgan fingerprint density at radius 3 is 3.00 bits per heavy atom. The summed E-state index contributed by atoms with van der Waals surface area (Å²) in [5.41, 5.74) is 1.84. The van der Waals surface area contributed by atoms with Gasteiger partial charge in [0.2, 0.25) is 0 Å². The van der Waals surface area contributed by atoms with Gasteiger partial charge in [-0.2, -0.15) is 0 Å². The third-order valence-corrected chi connectivity index (χ3v) is 2.74. The van der Waals surface area contributed by atoms with Gasteiger partial charge in [-0.05, 0) is 17.7 Å². The van der Waals surface area contributed by atoms with Crippen LogP contribution in [0.15, 0.2) is 28.7 Å². The molecule has 3 nitrogen and oxygen atoms in total. The minimum atomic E-state index is 0.464. The lowest BCUT2D eigenvalue weighted by atomic mass is 10.2. The molecule has 1 aromatic heterocycles. The van der Waals surface area contributed by atoms with Crippen molar-refractivity contribution in [2.45, 2.75) is 6.54 Å². The van der Waals surface area contributed by atoms with Crippen LogP contribution in [-0.4, -0.2) is 20.3 Å². The van der Waals surface area contributed by atoms with Crippen LogP contribution in [0.5, 0.6) is 0 Å². The van der Waals surface area contributed by atoms with Gasteiger partial charge >= 0.3 is 0 Å². The van der Waals surface area contributed by atoms with Gasteiger partial charge in [0.1, 0.15) is 5.58 Å². The molecule has 0 aliphatic rings. The number of nitrogens with one attached hydrogen (secondary N) is 1. The van der Waals surface area contributed by atoms with Gasteiger partial charge < -0.3 is 14.5 Å².